The molecule has 21 heavy (non-hydrogen) atoms. The van der Waals surface area contributed by atoms with Crippen molar-refractivity contribution in [1.82, 2.24) is 10.2 Å². The maximum absolute atomic E-state index is 13.6. The van der Waals surface area contributed by atoms with Gasteiger partial charge in [-0.3, -0.25) is 0 Å². The summed E-state index contributed by atoms with van der Waals surface area (Å²) in [7, 11) is 6.42. The van der Waals surface area contributed by atoms with Crippen LogP contribution in [0.1, 0.15) is 43.2 Å². The van der Waals surface area contributed by atoms with Crippen molar-refractivity contribution in [1.29, 1.82) is 0 Å². The summed E-state index contributed by atoms with van der Waals surface area (Å²) in [5.41, 5.74) is 2.49. The number of benzene rings is 1. The minimum absolute atomic E-state index is 0.131. The molecule has 0 aliphatic heterocycles. The standard InChI is InChI=1S/C18H29FN2/c1-14-8-9-16(19)12-15(14)13-17(20-2)18(21(3)4)10-6-5-7-11-18/h8-9,12,17,20H,5-7,10-11,13H2,1-4H3. The Morgan fingerprint density at radius 1 is 1.24 bits per heavy atom. The van der Waals surface area contributed by atoms with Crippen LogP contribution >= 0.6 is 0 Å². The van der Waals surface area contributed by atoms with Crippen LogP contribution in [0.15, 0.2) is 18.2 Å². The van der Waals surface area contributed by atoms with Crippen LogP contribution in [-0.4, -0.2) is 37.6 Å². The quantitative estimate of drug-likeness (QED) is 0.893. The van der Waals surface area contributed by atoms with Gasteiger partial charge in [-0.2, -0.15) is 0 Å². The lowest BCUT2D eigenvalue weighted by Crippen LogP contribution is -2.60. The normalized spacial score (nSPS) is 19.7. The molecule has 0 amide bonds. The molecule has 1 aliphatic carbocycles. The van der Waals surface area contributed by atoms with Crippen LogP contribution in [0, 0.1) is 12.7 Å². The van der Waals surface area contributed by atoms with Crippen molar-refractivity contribution in [3.63, 3.8) is 0 Å². The van der Waals surface area contributed by atoms with Gasteiger partial charge >= 0.3 is 0 Å². The summed E-state index contributed by atoms with van der Waals surface area (Å²) in [6.45, 7) is 2.07. The molecule has 2 rings (SSSR count). The molecule has 0 aromatic heterocycles. The third-order valence-electron chi connectivity index (χ3n) is 5.34. The first-order valence-electron chi connectivity index (χ1n) is 8.09. The minimum Gasteiger partial charge on any atom is -0.315 e. The first kappa shape index (κ1) is 16.4. The van der Waals surface area contributed by atoms with Crippen LogP contribution in [0.5, 0.6) is 0 Å². The summed E-state index contributed by atoms with van der Waals surface area (Å²) in [6, 6.07) is 5.50. The van der Waals surface area contributed by atoms with Crippen molar-refractivity contribution in [3.05, 3.63) is 35.1 Å². The summed E-state index contributed by atoms with van der Waals surface area (Å²) in [4.78, 5) is 2.39. The van der Waals surface area contributed by atoms with Crippen molar-refractivity contribution < 1.29 is 4.39 Å². The summed E-state index contributed by atoms with van der Waals surface area (Å²) < 4.78 is 13.6. The van der Waals surface area contributed by atoms with E-state index in [1.165, 1.54) is 37.7 Å². The summed E-state index contributed by atoms with van der Waals surface area (Å²) in [5, 5.41) is 3.52. The molecule has 0 radical (unpaired) electrons. The van der Waals surface area contributed by atoms with Crippen LogP contribution in [0.4, 0.5) is 4.39 Å². The lowest BCUT2D eigenvalue weighted by molar-refractivity contribution is 0.0597. The predicted octanol–water partition coefficient (Wildman–Crippen LogP) is 3.53. The van der Waals surface area contributed by atoms with E-state index in [0.717, 1.165) is 12.0 Å². The molecular weight excluding hydrogens is 263 g/mol. The van der Waals surface area contributed by atoms with E-state index in [1.807, 2.05) is 13.1 Å². The Morgan fingerprint density at radius 2 is 1.90 bits per heavy atom. The van der Waals surface area contributed by atoms with Crippen molar-refractivity contribution in [2.24, 2.45) is 0 Å². The number of hydrogen-bond acceptors (Lipinski definition) is 2. The van der Waals surface area contributed by atoms with Gasteiger partial charge in [-0.15, -0.1) is 0 Å². The van der Waals surface area contributed by atoms with E-state index in [4.69, 9.17) is 0 Å². The Balaban J connectivity index is 2.26. The molecule has 1 fully saturated rings. The number of aryl methyl sites for hydroxylation is 1. The van der Waals surface area contributed by atoms with Crippen molar-refractivity contribution in [3.8, 4) is 0 Å². The van der Waals surface area contributed by atoms with Crippen LogP contribution < -0.4 is 5.32 Å². The van der Waals surface area contributed by atoms with Gasteiger partial charge in [0.2, 0.25) is 0 Å². The number of nitrogens with zero attached hydrogens (tertiary/aromatic N) is 1. The molecule has 1 saturated carbocycles. The van der Waals surface area contributed by atoms with E-state index in [9.17, 15) is 4.39 Å². The molecule has 1 aromatic rings. The molecule has 0 spiro atoms. The number of nitrogens with one attached hydrogen (secondary N) is 1. The molecule has 1 N–H and O–H groups in total. The average molecular weight is 292 g/mol. The first-order valence-corrected chi connectivity index (χ1v) is 8.09. The van der Waals surface area contributed by atoms with E-state index >= 15 is 0 Å². The van der Waals surface area contributed by atoms with Crippen LogP contribution in [0.3, 0.4) is 0 Å². The van der Waals surface area contributed by atoms with Gasteiger partial charge in [0.05, 0.1) is 0 Å². The van der Waals surface area contributed by atoms with E-state index in [1.54, 1.807) is 12.1 Å². The third kappa shape index (κ3) is 3.46. The van der Waals surface area contributed by atoms with Gasteiger partial charge in [-0.1, -0.05) is 25.3 Å². The van der Waals surface area contributed by atoms with Gasteiger partial charge in [-0.25, -0.2) is 4.39 Å². The highest BCUT2D eigenvalue weighted by Gasteiger charge is 2.41. The highest BCUT2D eigenvalue weighted by molar-refractivity contribution is 5.28. The molecule has 1 atom stereocenters. The maximum atomic E-state index is 13.6. The molecule has 3 heteroatoms. The number of hydrogen-bond donors (Lipinski definition) is 1. The largest absolute Gasteiger partial charge is 0.315 e. The van der Waals surface area contributed by atoms with Crippen molar-refractivity contribution in [2.45, 2.75) is 57.0 Å². The van der Waals surface area contributed by atoms with Crippen molar-refractivity contribution >= 4 is 0 Å². The Hall–Kier alpha value is -0.930. The number of halogens is 1. The number of rotatable bonds is 5. The summed E-state index contributed by atoms with van der Waals surface area (Å²) >= 11 is 0. The Morgan fingerprint density at radius 3 is 2.48 bits per heavy atom. The highest BCUT2D eigenvalue weighted by Crippen LogP contribution is 2.36. The fraction of sp³-hybridized carbons (Fsp3) is 0.667. The van der Waals surface area contributed by atoms with Crippen molar-refractivity contribution in [2.75, 3.05) is 21.1 Å². The maximum Gasteiger partial charge on any atom is 0.123 e. The van der Waals surface area contributed by atoms with E-state index in [2.05, 4.69) is 31.2 Å². The SMILES string of the molecule is CNC(Cc1cc(F)ccc1C)C1(N(C)C)CCCCC1. The fourth-order valence-corrected chi connectivity index (χ4v) is 3.91. The topological polar surface area (TPSA) is 15.3 Å². The minimum atomic E-state index is -0.131. The Labute approximate surface area is 128 Å². The molecule has 0 bridgehead atoms. The fourth-order valence-electron chi connectivity index (χ4n) is 3.91. The van der Waals surface area contributed by atoms with Gasteiger partial charge in [0.1, 0.15) is 5.82 Å². The second kappa shape index (κ2) is 6.89. The zero-order chi connectivity index (χ0) is 15.5. The third-order valence-corrected chi connectivity index (χ3v) is 5.34. The van der Waals surface area contributed by atoms with Crippen LogP contribution in [0.25, 0.3) is 0 Å². The molecule has 1 aliphatic rings. The molecule has 118 valence electrons. The predicted molar refractivity (Wildman–Crippen MR) is 87.2 cm³/mol. The lowest BCUT2D eigenvalue weighted by Gasteiger charge is -2.48. The average Bonchev–Trinajstić information content (AvgIpc) is 2.48. The van der Waals surface area contributed by atoms with Gasteiger partial charge in [0.25, 0.3) is 0 Å². The molecule has 1 aromatic carbocycles. The molecule has 2 nitrogen and oxygen atoms in total. The monoisotopic (exact) mass is 292 g/mol. The number of likely N-dealkylation sites (N-methyl/N-ethyl adjacent to an activating group) is 2. The summed E-state index contributed by atoms with van der Waals surface area (Å²) in [6.07, 6.45) is 7.25. The van der Waals surface area contributed by atoms with E-state index in [0.29, 0.717) is 6.04 Å². The van der Waals surface area contributed by atoms with Gasteiger partial charge in [0, 0.05) is 11.6 Å². The Bertz CT molecular complexity index is 464. The lowest BCUT2D eigenvalue weighted by atomic mass is 9.73. The van der Waals surface area contributed by atoms with Gasteiger partial charge in [0.15, 0.2) is 0 Å². The molecule has 0 heterocycles. The first-order chi connectivity index (χ1) is 9.99. The van der Waals surface area contributed by atoms with E-state index < -0.39 is 0 Å². The second-order valence-electron chi connectivity index (χ2n) is 6.67. The zero-order valence-corrected chi connectivity index (χ0v) is 13.9. The zero-order valence-electron chi connectivity index (χ0n) is 13.9. The molecular formula is C18H29FN2. The smallest absolute Gasteiger partial charge is 0.123 e. The van der Waals surface area contributed by atoms with Gasteiger partial charge < -0.3 is 10.2 Å². The Kier molecular flexibility index (Phi) is 5.39. The highest BCUT2D eigenvalue weighted by atomic mass is 19.1. The second-order valence-corrected chi connectivity index (χ2v) is 6.67. The summed E-state index contributed by atoms with van der Waals surface area (Å²) in [5.74, 6) is -0.131. The molecule has 1 unspecified atom stereocenters. The van der Waals surface area contributed by atoms with Crippen LogP contribution in [0.2, 0.25) is 0 Å². The van der Waals surface area contributed by atoms with E-state index in [-0.39, 0.29) is 11.4 Å². The van der Waals surface area contributed by atoms with Gasteiger partial charge in [-0.05, 0) is 70.6 Å². The molecule has 0 saturated heterocycles. The van der Waals surface area contributed by atoms with Crippen LogP contribution in [-0.2, 0) is 6.42 Å².